The molecule has 0 saturated carbocycles. The second-order valence-electron chi connectivity index (χ2n) is 2.89. The Hall–Kier alpha value is -0.220. The summed E-state index contributed by atoms with van der Waals surface area (Å²) in [7, 11) is -1.15. The molecule has 0 aliphatic rings. The van der Waals surface area contributed by atoms with E-state index in [2.05, 4.69) is 4.40 Å². The molecule has 4 heteroatoms. The van der Waals surface area contributed by atoms with Gasteiger partial charge in [0.15, 0.2) is 0 Å². The third-order valence-electron chi connectivity index (χ3n) is 0.800. The number of nitrogens with zero attached hydrogens (tertiary/aromatic N) is 1. The third-order valence-corrected chi connectivity index (χ3v) is 2.19. The van der Waals surface area contributed by atoms with E-state index in [-0.39, 0.29) is 4.75 Å². The van der Waals surface area contributed by atoms with Crippen molar-refractivity contribution >= 4 is 17.2 Å². The average Bonchev–Trinajstić information content (AvgIpc) is 1.80. The zero-order chi connectivity index (χ0) is 8.20. The summed E-state index contributed by atoms with van der Waals surface area (Å²) < 4.78 is 14.5. The van der Waals surface area contributed by atoms with Crippen LogP contribution in [0.4, 0.5) is 0 Å². The molecule has 0 heterocycles. The predicted octanol–water partition coefficient (Wildman–Crippen LogP) is 0.478. The summed E-state index contributed by atoms with van der Waals surface area (Å²) in [6, 6.07) is 0. The number of rotatable bonds is 2. The van der Waals surface area contributed by atoms with E-state index in [1.165, 1.54) is 6.21 Å². The van der Waals surface area contributed by atoms with Crippen LogP contribution in [0, 0.1) is 0 Å². The van der Waals surface area contributed by atoms with Crippen molar-refractivity contribution in [3.63, 3.8) is 0 Å². The molecule has 10 heavy (non-hydrogen) atoms. The summed E-state index contributed by atoms with van der Waals surface area (Å²) in [5.41, 5.74) is 5.14. The molecule has 1 atom stereocenters. The molecule has 60 valence electrons. The van der Waals surface area contributed by atoms with Crippen LogP contribution in [0.15, 0.2) is 4.40 Å². The Morgan fingerprint density at radius 3 is 2.40 bits per heavy atom. The highest BCUT2D eigenvalue weighted by atomic mass is 32.2. The molecule has 0 aromatic carbocycles. The van der Waals surface area contributed by atoms with Crippen LogP contribution in [0.3, 0.4) is 0 Å². The van der Waals surface area contributed by atoms with E-state index < -0.39 is 11.0 Å². The molecule has 0 bridgehead atoms. The highest BCUT2D eigenvalue weighted by Crippen LogP contribution is 2.10. The lowest BCUT2D eigenvalue weighted by Crippen LogP contribution is -2.20. The van der Waals surface area contributed by atoms with Crippen LogP contribution in [-0.4, -0.2) is 21.7 Å². The zero-order valence-electron chi connectivity index (χ0n) is 6.63. The fourth-order valence-electron chi connectivity index (χ4n) is 0.269. The van der Waals surface area contributed by atoms with Crippen molar-refractivity contribution in [1.29, 1.82) is 0 Å². The van der Waals surface area contributed by atoms with Gasteiger partial charge in [0.05, 0.1) is 4.75 Å². The van der Waals surface area contributed by atoms with Gasteiger partial charge >= 0.3 is 0 Å². The van der Waals surface area contributed by atoms with Crippen molar-refractivity contribution in [1.82, 2.24) is 0 Å². The smallest absolute Gasteiger partial charge is 0.144 e. The first-order valence-corrected chi connectivity index (χ1v) is 4.23. The minimum Gasteiger partial charge on any atom is -0.326 e. The molecular weight excluding hydrogens is 148 g/mol. The topological polar surface area (TPSA) is 55.5 Å². The molecule has 0 unspecified atom stereocenters. The molecule has 3 nitrogen and oxygen atoms in total. The molecule has 0 aromatic heterocycles. The number of hydrogen-bond acceptors (Lipinski definition) is 2. The Labute approximate surface area is 64.3 Å². The summed E-state index contributed by atoms with van der Waals surface area (Å²) in [6.45, 7) is 5.97. The van der Waals surface area contributed by atoms with Gasteiger partial charge in [-0.15, -0.1) is 0 Å². The monoisotopic (exact) mass is 162 g/mol. The van der Waals surface area contributed by atoms with Gasteiger partial charge in [0.1, 0.15) is 11.0 Å². The van der Waals surface area contributed by atoms with Gasteiger partial charge in [0, 0.05) is 12.8 Å². The van der Waals surface area contributed by atoms with Crippen LogP contribution >= 0.6 is 0 Å². The second kappa shape index (κ2) is 3.83. The summed E-state index contributed by atoms with van der Waals surface area (Å²) in [6.07, 6.45) is 1.47. The quantitative estimate of drug-likeness (QED) is 0.600. The van der Waals surface area contributed by atoms with Crippen LogP contribution in [0.2, 0.25) is 0 Å². The van der Waals surface area contributed by atoms with Gasteiger partial charge in [-0.3, -0.25) is 0 Å². The van der Waals surface area contributed by atoms with Gasteiger partial charge in [-0.25, -0.2) is 4.21 Å². The van der Waals surface area contributed by atoms with Crippen LogP contribution in [-0.2, 0) is 11.0 Å². The second-order valence-corrected chi connectivity index (χ2v) is 4.82. The molecule has 0 saturated heterocycles. The molecule has 0 rings (SSSR count). The summed E-state index contributed by atoms with van der Waals surface area (Å²) in [4.78, 5) is 0. The van der Waals surface area contributed by atoms with E-state index in [9.17, 15) is 4.21 Å². The van der Waals surface area contributed by atoms with Crippen LogP contribution < -0.4 is 5.73 Å². The minimum absolute atomic E-state index is 0.272. The van der Waals surface area contributed by atoms with Crippen molar-refractivity contribution in [2.45, 2.75) is 25.5 Å². The highest BCUT2D eigenvalue weighted by molar-refractivity contribution is 7.85. The third kappa shape index (κ3) is 3.74. The van der Waals surface area contributed by atoms with E-state index in [1.807, 2.05) is 20.8 Å². The molecule has 0 aromatic rings. The molecule has 0 aliphatic carbocycles. The van der Waals surface area contributed by atoms with E-state index in [1.54, 1.807) is 0 Å². The van der Waals surface area contributed by atoms with Crippen LogP contribution in [0.25, 0.3) is 0 Å². The van der Waals surface area contributed by atoms with E-state index >= 15 is 0 Å². The normalized spacial score (nSPS) is 16.0. The summed E-state index contributed by atoms with van der Waals surface area (Å²) in [5, 5.41) is 0. The van der Waals surface area contributed by atoms with Crippen LogP contribution in [0.1, 0.15) is 20.8 Å². The van der Waals surface area contributed by atoms with E-state index in [4.69, 9.17) is 5.73 Å². The maximum atomic E-state index is 11.1. The summed E-state index contributed by atoms with van der Waals surface area (Å²) >= 11 is 0. The van der Waals surface area contributed by atoms with Gasteiger partial charge in [0.2, 0.25) is 0 Å². The first-order valence-electron chi connectivity index (χ1n) is 3.13. The number of nitrogens with two attached hydrogens (primary N) is 1. The SMILES string of the molecule is CC(C)(C)[S@](=O)/N=C\CN. The molecule has 0 aliphatic heterocycles. The lowest BCUT2D eigenvalue weighted by molar-refractivity contribution is 0.651. The van der Waals surface area contributed by atoms with Gasteiger partial charge in [-0.2, -0.15) is 4.40 Å². The number of hydrogen-bond donors (Lipinski definition) is 1. The minimum atomic E-state index is -1.15. The lowest BCUT2D eigenvalue weighted by Gasteiger charge is -2.12. The fourth-order valence-corrected chi connectivity index (χ4v) is 0.807. The maximum absolute atomic E-state index is 11.1. The predicted molar refractivity (Wildman–Crippen MR) is 45.4 cm³/mol. The fraction of sp³-hybridized carbons (Fsp3) is 0.833. The first-order chi connectivity index (χ1) is 4.48. The van der Waals surface area contributed by atoms with E-state index in [0.29, 0.717) is 6.54 Å². The van der Waals surface area contributed by atoms with Crippen molar-refractivity contribution in [3.8, 4) is 0 Å². The van der Waals surface area contributed by atoms with Gasteiger partial charge in [-0.1, -0.05) is 0 Å². The van der Waals surface area contributed by atoms with Gasteiger partial charge in [-0.05, 0) is 20.8 Å². The first kappa shape index (κ1) is 9.78. The molecule has 0 fully saturated rings. The van der Waals surface area contributed by atoms with Crippen LogP contribution in [0.5, 0.6) is 0 Å². The Kier molecular flexibility index (Phi) is 3.75. The highest BCUT2D eigenvalue weighted by Gasteiger charge is 2.17. The zero-order valence-corrected chi connectivity index (χ0v) is 7.44. The maximum Gasteiger partial charge on any atom is 0.144 e. The summed E-state index contributed by atoms with van der Waals surface area (Å²) in [5.74, 6) is 0. The Balaban J connectivity index is 3.98. The molecular formula is C6H14N2OS. The molecule has 0 spiro atoms. The Morgan fingerprint density at radius 2 is 2.10 bits per heavy atom. The van der Waals surface area contributed by atoms with Gasteiger partial charge in [0.25, 0.3) is 0 Å². The van der Waals surface area contributed by atoms with Crippen molar-refractivity contribution in [2.75, 3.05) is 6.54 Å². The lowest BCUT2D eigenvalue weighted by atomic mass is 10.3. The molecule has 0 amide bonds. The van der Waals surface area contributed by atoms with Crippen molar-refractivity contribution in [2.24, 2.45) is 10.1 Å². The van der Waals surface area contributed by atoms with E-state index in [0.717, 1.165) is 0 Å². The average molecular weight is 162 g/mol. The van der Waals surface area contributed by atoms with Crippen molar-refractivity contribution < 1.29 is 4.21 Å². The van der Waals surface area contributed by atoms with Gasteiger partial charge < -0.3 is 5.73 Å². The molecule has 2 N–H and O–H groups in total. The van der Waals surface area contributed by atoms with Crippen molar-refractivity contribution in [3.05, 3.63) is 0 Å². The largest absolute Gasteiger partial charge is 0.326 e. The standard InChI is InChI=1S/C6H14N2OS/c1-6(2,3)10(9)8-5-4-7/h5H,4,7H2,1-3H3/b8-5-/t10-/m0/s1. The molecule has 0 radical (unpaired) electrons. The Bertz CT molecular complexity index is 148. The Morgan fingerprint density at radius 1 is 1.60 bits per heavy atom.